The van der Waals surface area contributed by atoms with Gasteiger partial charge >= 0.3 is 0 Å². The molecule has 1 aromatic carbocycles. The molecule has 0 fully saturated rings. The minimum Gasteiger partial charge on any atom is -0.489 e. The second-order valence-electron chi connectivity index (χ2n) is 3.23. The molecule has 0 saturated carbocycles. The fourth-order valence-electron chi connectivity index (χ4n) is 1.73. The molecule has 0 radical (unpaired) electrons. The van der Waals surface area contributed by atoms with Crippen LogP contribution in [0.3, 0.4) is 0 Å². The first-order valence-corrected chi connectivity index (χ1v) is 4.40. The fraction of sp³-hybridized carbons (Fsp3) is 0.0909. The maximum absolute atomic E-state index is 11.2. The smallest absolute Gasteiger partial charge is 0.197 e. The van der Waals surface area contributed by atoms with Crippen LogP contribution >= 0.6 is 0 Å². The van der Waals surface area contributed by atoms with Crippen molar-refractivity contribution in [3.05, 3.63) is 22.6 Å². The minimum absolute atomic E-state index is 0.0637. The average Bonchev–Trinajstić information content (AvgIpc) is 2.65. The largest absolute Gasteiger partial charge is 0.489 e. The van der Waals surface area contributed by atoms with Crippen molar-refractivity contribution in [1.82, 2.24) is 0 Å². The Labute approximate surface area is 80.0 Å². The van der Waals surface area contributed by atoms with E-state index in [1.54, 1.807) is 6.08 Å². The van der Waals surface area contributed by atoms with Crippen LogP contribution in [-0.2, 0) is 4.79 Å². The molecule has 0 aromatic heterocycles. The van der Waals surface area contributed by atoms with Gasteiger partial charge in [0, 0.05) is 10.4 Å². The quantitative estimate of drug-likeness (QED) is 0.567. The van der Waals surface area contributed by atoms with Crippen LogP contribution in [-0.4, -0.2) is 18.6 Å². The average molecular weight is 185 g/mol. The normalized spacial score (nSPS) is 16.4. The third-order valence-electron chi connectivity index (χ3n) is 2.37. The van der Waals surface area contributed by atoms with E-state index in [1.807, 2.05) is 18.2 Å². The molecule has 2 aliphatic rings. The molecular weight excluding hydrogens is 178 g/mol. The van der Waals surface area contributed by atoms with Crippen molar-refractivity contribution in [2.75, 3.05) is 6.61 Å². The molecule has 0 unspecified atom stereocenters. The van der Waals surface area contributed by atoms with Gasteiger partial charge in [-0.1, -0.05) is 0 Å². The molecule has 0 spiro atoms. The Balaban J connectivity index is 2.49. The van der Waals surface area contributed by atoms with Crippen LogP contribution < -0.4 is 15.2 Å². The molecule has 2 aliphatic heterocycles. The number of rotatable bonds is 0. The summed E-state index contributed by atoms with van der Waals surface area (Å²) < 4.78 is 5.36. The van der Waals surface area contributed by atoms with Crippen LogP contribution in [0.15, 0.2) is 17.1 Å². The molecule has 68 valence electrons. The number of ketones is 1. The van der Waals surface area contributed by atoms with Gasteiger partial charge in [-0.2, -0.15) is 0 Å². The van der Waals surface area contributed by atoms with E-state index in [2.05, 4.69) is 4.99 Å². The monoisotopic (exact) mass is 185 g/mol. The Morgan fingerprint density at radius 2 is 2.21 bits per heavy atom. The van der Waals surface area contributed by atoms with Gasteiger partial charge in [0.2, 0.25) is 0 Å². The highest BCUT2D eigenvalue weighted by molar-refractivity contribution is 6.42. The number of benzene rings is 1. The zero-order chi connectivity index (χ0) is 9.54. The van der Waals surface area contributed by atoms with Crippen LogP contribution in [0.2, 0.25) is 0 Å². The van der Waals surface area contributed by atoms with E-state index in [4.69, 9.17) is 4.74 Å². The zero-order valence-corrected chi connectivity index (χ0v) is 7.36. The second kappa shape index (κ2) is 2.54. The Hall–Kier alpha value is -1.90. The summed E-state index contributed by atoms with van der Waals surface area (Å²) in [6.07, 6.45) is 4.91. The number of nitrogens with zero attached hydrogens (tertiary/aromatic N) is 1. The summed E-state index contributed by atoms with van der Waals surface area (Å²) in [5, 5.41) is 1.88. The SMILES string of the molecule is O=C1C=Nc2ccc3c(c2=C1)=CCO3. The number of aliphatic imine (C=N–C) groups is 1. The molecule has 14 heavy (non-hydrogen) atoms. The lowest BCUT2D eigenvalue weighted by Gasteiger charge is -2.02. The number of fused-ring (bicyclic) bond motifs is 3. The highest BCUT2D eigenvalue weighted by Gasteiger charge is 2.10. The highest BCUT2D eigenvalue weighted by Crippen LogP contribution is 2.12. The first-order valence-electron chi connectivity index (χ1n) is 4.40. The van der Waals surface area contributed by atoms with Gasteiger partial charge in [0.05, 0.1) is 11.9 Å². The number of hydrogen-bond donors (Lipinski definition) is 0. The summed E-state index contributed by atoms with van der Waals surface area (Å²) in [5.41, 5.74) is 0.838. The standard InChI is InChI=1S/C11H7NO2/c13-7-5-9-8-3-4-14-11(8)2-1-10(9)12-6-7/h1-3,5-6H,4H2. The topological polar surface area (TPSA) is 38.7 Å². The zero-order valence-electron chi connectivity index (χ0n) is 7.36. The molecule has 0 N–H and O–H groups in total. The highest BCUT2D eigenvalue weighted by atomic mass is 16.5. The van der Waals surface area contributed by atoms with Crippen LogP contribution in [0, 0.1) is 0 Å². The molecule has 0 saturated heterocycles. The van der Waals surface area contributed by atoms with Gasteiger partial charge in [0.1, 0.15) is 12.4 Å². The third-order valence-corrected chi connectivity index (χ3v) is 2.37. The number of Topliss-reactive ketones (excluding diaryl/α,β-unsaturated/α-hetero) is 1. The second-order valence-corrected chi connectivity index (χ2v) is 3.23. The lowest BCUT2D eigenvalue weighted by molar-refractivity contribution is -0.107. The van der Waals surface area contributed by atoms with E-state index in [9.17, 15) is 4.79 Å². The summed E-state index contributed by atoms with van der Waals surface area (Å²) in [5.74, 6) is 0.774. The fourth-order valence-corrected chi connectivity index (χ4v) is 1.73. The van der Waals surface area contributed by atoms with E-state index in [0.717, 1.165) is 21.9 Å². The first kappa shape index (κ1) is 7.50. The Morgan fingerprint density at radius 3 is 3.14 bits per heavy atom. The van der Waals surface area contributed by atoms with Gasteiger partial charge in [-0.3, -0.25) is 9.79 Å². The summed E-state index contributed by atoms with van der Waals surface area (Å²) in [4.78, 5) is 15.2. The van der Waals surface area contributed by atoms with Gasteiger partial charge in [-0.25, -0.2) is 0 Å². The van der Waals surface area contributed by atoms with E-state index < -0.39 is 0 Å². The number of ether oxygens (including phenoxy) is 1. The summed E-state index contributed by atoms with van der Waals surface area (Å²) in [7, 11) is 0. The van der Waals surface area contributed by atoms with Crippen molar-refractivity contribution in [2.45, 2.75) is 0 Å². The predicted molar refractivity (Wildman–Crippen MR) is 53.3 cm³/mol. The van der Waals surface area contributed by atoms with Crippen LogP contribution in [0.4, 0.5) is 5.69 Å². The number of carbonyl (C=O) groups excluding carboxylic acids is 1. The van der Waals surface area contributed by atoms with Crippen molar-refractivity contribution in [1.29, 1.82) is 0 Å². The van der Waals surface area contributed by atoms with Crippen LogP contribution in [0.5, 0.6) is 5.75 Å². The van der Waals surface area contributed by atoms with Crippen molar-refractivity contribution in [3.63, 3.8) is 0 Å². The van der Waals surface area contributed by atoms with Gasteiger partial charge in [-0.05, 0) is 24.3 Å². The molecule has 2 heterocycles. The predicted octanol–water partition coefficient (Wildman–Crippen LogP) is -0.0750. The van der Waals surface area contributed by atoms with E-state index >= 15 is 0 Å². The Bertz CT molecular complexity index is 570. The molecule has 3 heteroatoms. The molecule has 1 aromatic rings. The lowest BCUT2D eigenvalue weighted by Crippen LogP contribution is -2.27. The number of hydrogen-bond acceptors (Lipinski definition) is 3. The molecule has 0 aliphatic carbocycles. The first-order chi connectivity index (χ1) is 6.84. The van der Waals surface area contributed by atoms with Crippen molar-refractivity contribution < 1.29 is 9.53 Å². The molecule has 0 bridgehead atoms. The minimum atomic E-state index is -0.0637. The van der Waals surface area contributed by atoms with Crippen LogP contribution in [0.25, 0.3) is 12.2 Å². The summed E-state index contributed by atoms with van der Waals surface area (Å²) in [6.45, 7) is 0.581. The van der Waals surface area contributed by atoms with E-state index in [0.29, 0.717) is 6.61 Å². The van der Waals surface area contributed by atoms with Crippen molar-refractivity contribution in [3.8, 4) is 5.75 Å². The van der Waals surface area contributed by atoms with E-state index in [1.165, 1.54) is 6.21 Å². The summed E-state index contributed by atoms with van der Waals surface area (Å²) in [6, 6.07) is 3.76. The van der Waals surface area contributed by atoms with Crippen molar-refractivity contribution >= 4 is 29.8 Å². The lowest BCUT2D eigenvalue weighted by atomic mass is 10.1. The Kier molecular flexibility index (Phi) is 1.36. The maximum atomic E-state index is 11.2. The number of carbonyl (C=O) groups is 1. The molecule has 0 amide bonds. The van der Waals surface area contributed by atoms with E-state index in [-0.39, 0.29) is 5.78 Å². The van der Waals surface area contributed by atoms with Gasteiger partial charge in [-0.15, -0.1) is 0 Å². The molecule has 3 rings (SSSR count). The molecular formula is C11H7NO2. The molecule has 3 nitrogen and oxygen atoms in total. The Morgan fingerprint density at radius 1 is 1.29 bits per heavy atom. The maximum Gasteiger partial charge on any atom is 0.197 e. The molecule has 0 atom stereocenters. The van der Waals surface area contributed by atoms with Gasteiger partial charge in [0.15, 0.2) is 5.78 Å². The van der Waals surface area contributed by atoms with Gasteiger partial charge < -0.3 is 4.74 Å². The van der Waals surface area contributed by atoms with Crippen LogP contribution in [0.1, 0.15) is 0 Å². The van der Waals surface area contributed by atoms with Gasteiger partial charge in [0.25, 0.3) is 0 Å². The summed E-state index contributed by atoms with van der Waals surface area (Å²) >= 11 is 0. The third kappa shape index (κ3) is 0.923. The van der Waals surface area contributed by atoms with Crippen molar-refractivity contribution in [2.24, 2.45) is 4.99 Å².